The van der Waals surface area contributed by atoms with Gasteiger partial charge in [-0.25, -0.2) is 0 Å². The Bertz CT molecular complexity index is 417. The van der Waals surface area contributed by atoms with Gasteiger partial charge in [0, 0.05) is 17.1 Å². The van der Waals surface area contributed by atoms with E-state index in [4.69, 9.17) is 5.73 Å². The molecule has 0 amide bonds. The van der Waals surface area contributed by atoms with Crippen molar-refractivity contribution in [3.63, 3.8) is 0 Å². The van der Waals surface area contributed by atoms with E-state index in [1.807, 2.05) is 0 Å². The highest BCUT2D eigenvalue weighted by Crippen LogP contribution is 2.36. The fraction of sp³-hybridized carbons (Fsp3) is 0.647. The first kappa shape index (κ1) is 16.0. The molecule has 3 heteroatoms. The molecule has 0 spiro atoms. The van der Waals surface area contributed by atoms with Crippen LogP contribution in [-0.2, 0) is 0 Å². The van der Waals surface area contributed by atoms with Crippen LogP contribution in [0.5, 0.6) is 0 Å². The third kappa shape index (κ3) is 4.06. The number of hydrogen-bond donors (Lipinski definition) is 1. The standard InChI is InChI=1S/C17H27BrN2/c1-3-11-20(12-13-9-10-13)17(16(19)4-2)14-7-5-6-8-15(14)18/h5-8,13,16-17H,3-4,9-12,19H2,1-2H3. The Morgan fingerprint density at radius 1 is 1.30 bits per heavy atom. The van der Waals surface area contributed by atoms with Crippen LogP contribution in [0.15, 0.2) is 28.7 Å². The van der Waals surface area contributed by atoms with Gasteiger partial charge >= 0.3 is 0 Å². The summed E-state index contributed by atoms with van der Waals surface area (Å²) in [4.78, 5) is 2.62. The van der Waals surface area contributed by atoms with E-state index in [9.17, 15) is 0 Å². The van der Waals surface area contributed by atoms with Gasteiger partial charge in [-0.15, -0.1) is 0 Å². The van der Waals surface area contributed by atoms with Crippen molar-refractivity contribution >= 4 is 15.9 Å². The molecule has 0 radical (unpaired) electrons. The van der Waals surface area contributed by atoms with E-state index in [0.717, 1.165) is 18.9 Å². The van der Waals surface area contributed by atoms with Crippen molar-refractivity contribution in [1.82, 2.24) is 4.90 Å². The number of nitrogens with zero attached hydrogens (tertiary/aromatic N) is 1. The van der Waals surface area contributed by atoms with Crippen molar-refractivity contribution in [3.8, 4) is 0 Å². The summed E-state index contributed by atoms with van der Waals surface area (Å²) < 4.78 is 1.19. The third-order valence-corrected chi connectivity index (χ3v) is 4.92. The number of nitrogens with two attached hydrogens (primary N) is 1. The molecule has 2 nitrogen and oxygen atoms in total. The molecular formula is C17H27BrN2. The van der Waals surface area contributed by atoms with E-state index in [1.165, 1.54) is 35.8 Å². The second kappa shape index (κ2) is 7.58. The van der Waals surface area contributed by atoms with Gasteiger partial charge in [0.1, 0.15) is 0 Å². The zero-order valence-electron chi connectivity index (χ0n) is 12.7. The molecule has 0 aromatic heterocycles. The normalized spacial score (nSPS) is 18.2. The highest BCUT2D eigenvalue weighted by Gasteiger charge is 2.31. The summed E-state index contributed by atoms with van der Waals surface area (Å²) in [5, 5.41) is 0. The van der Waals surface area contributed by atoms with E-state index >= 15 is 0 Å². The first-order chi connectivity index (χ1) is 9.67. The van der Waals surface area contributed by atoms with Crippen LogP contribution in [0.2, 0.25) is 0 Å². The Morgan fingerprint density at radius 2 is 2.00 bits per heavy atom. The summed E-state index contributed by atoms with van der Waals surface area (Å²) in [7, 11) is 0. The number of benzene rings is 1. The molecule has 0 saturated heterocycles. The molecule has 2 N–H and O–H groups in total. The van der Waals surface area contributed by atoms with Crippen molar-refractivity contribution in [2.75, 3.05) is 13.1 Å². The fourth-order valence-electron chi connectivity index (χ4n) is 2.90. The van der Waals surface area contributed by atoms with Crippen LogP contribution in [0.1, 0.15) is 51.1 Å². The average molecular weight is 339 g/mol. The van der Waals surface area contributed by atoms with Gasteiger partial charge in [-0.05, 0) is 49.8 Å². The van der Waals surface area contributed by atoms with Crippen LogP contribution in [0, 0.1) is 5.92 Å². The molecule has 2 rings (SSSR count). The van der Waals surface area contributed by atoms with Crippen molar-refractivity contribution in [3.05, 3.63) is 34.3 Å². The fourth-order valence-corrected chi connectivity index (χ4v) is 3.42. The van der Waals surface area contributed by atoms with E-state index in [2.05, 4.69) is 58.9 Å². The Morgan fingerprint density at radius 3 is 2.55 bits per heavy atom. The van der Waals surface area contributed by atoms with Crippen molar-refractivity contribution < 1.29 is 0 Å². The van der Waals surface area contributed by atoms with Crippen LogP contribution in [0.4, 0.5) is 0 Å². The topological polar surface area (TPSA) is 29.3 Å². The van der Waals surface area contributed by atoms with E-state index in [-0.39, 0.29) is 6.04 Å². The van der Waals surface area contributed by atoms with E-state index in [0.29, 0.717) is 6.04 Å². The lowest BCUT2D eigenvalue weighted by atomic mass is 9.95. The lowest BCUT2D eigenvalue weighted by molar-refractivity contribution is 0.161. The molecule has 1 saturated carbocycles. The Labute approximate surface area is 131 Å². The zero-order chi connectivity index (χ0) is 14.5. The zero-order valence-corrected chi connectivity index (χ0v) is 14.3. The van der Waals surface area contributed by atoms with Gasteiger partial charge in [0.25, 0.3) is 0 Å². The van der Waals surface area contributed by atoms with Crippen molar-refractivity contribution in [2.45, 2.75) is 51.6 Å². The molecule has 2 atom stereocenters. The summed E-state index contributed by atoms with van der Waals surface area (Å²) in [6, 6.07) is 9.07. The minimum atomic E-state index is 0.194. The van der Waals surface area contributed by atoms with Crippen LogP contribution in [0.25, 0.3) is 0 Å². The largest absolute Gasteiger partial charge is 0.326 e. The monoisotopic (exact) mass is 338 g/mol. The molecule has 2 unspecified atom stereocenters. The summed E-state index contributed by atoms with van der Waals surface area (Å²) in [6.07, 6.45) is 4.98. The molecule has 1 fully saturated rings. The highest BCUT2D eigenvalue weighted by molar-refractivity contribution is 9.10. The van der Waals surface area contributed by atoms with Crippen LogP contribution in [0.3, 0.4) is 0 Å². The molecule has 1 aliphatic carbocycles. The van der Waals surface area contributed by atoms with Crippen LogP contribution in [-0.4, -0.2) is 24.0 Å². The molecular weight excluding hydrogens is 312 g/mol. The van der Waals surface area contributed by atoms with E-state index in [1.54, 1.807) is 0 Å². The Balaban J connectivity index is 2.26. The summed E-state index contributed by atoms with van der Waals surface area (Å²) in [5.41, 5.74) is 7.83. The van der Waals surface area contributed by atoms with Gasteiger partial charge in [-0.1, -0.05) is 48.0 Å². The molecule has 112 valence electrons. The highest BCUT2D eigenvalue weighted by atomic mass is 79.9. The maximum atomic E-state index is 6.48. The van der Waals surface area contributed by atoms with Crippen LogP contribution >= 0.6 is 15.9 Å². The number of rotatable bonds is 8. The molecule has 20 heavy (non-hydrogen) atoms. The molecule has 0 aliphatic heterocycles. The molecule has 1 aromatic rings. The van der Waals surface area contributed by atoms with Gasteiger partial charge in [0.15, 0.2) is 0 Å². The first-order valence-electron chi connectivity index (χ1n) is 7.91. The number of hydrogen-bond acceptors (Lipinski definition) is 2. The summed E-state index contributed by atoms with van der Waals surface area (Å²) >= 11 is 3.71. The lowest BCUT2D eigenvalue weighted by Crippen LogP contribution is -2.42. The Kier molecular flexibility index (Phi) is 6.06. The van der Waals surface area contributed by atoms with Gasteiger partial charge < -0.3 is 5.73 Å². The van der Waals surface area contributed by atoms with Crippen LogP contribution < -0.4 is 5.73 Å². The van der Waals surface area contributed by atoms with Gasteiger partial charge in [0.2, 0.25) is 0 Å². The second-order valence-electron chi connectivity index (χ2n) is 5.98. The molecule has 1 aromatic carbocycles. The first-order valence-corrected chi connectivity index (χ1v) is 8.70. The predicted octanol–water partition coefficient (Wildman–Crippen LogP) is 4.35. The molecule has 1 aliphatic rings. The second-order valence-corrected chi connectivity index (χ2v) is 6.83. The quantitative estimate of drug-likeness (QED) is 0.763. The van der Waals surface area contributed by atoms with Gasteiger partial charge in [-0.3, -0.25) is 4.90 Å². The summed E-state index contributed by atoms with van der Waals surface area (Å²) in [6.45, 7) is 6.79. The van der Waals surface area contributed by atoms with Crippen molar-refractivity contribution in [2.24, 2.45) is 11.7 Å². The number of halogens is 1. The van der Waals surface area contributed by atoms with Gasteiger partial charge in [0.05, 0.1) is 6.04 Å². The molecule has 0 heterocycles. The third-order valence-electron chi connectivity index (χ3n) is 4.19. The maximum absolute atomic E-state index is 6.48. The lowest BCUT2D eigenvalue weighted by Gasteiger charge is -2.36. The minimum absolute atomic E-state index is 0.194. The molecule has 0 bridgehead atoms. The minimum Gasteiger partial charge on any atom is -0.326 e. The summed E-state index contributed by atoms with van der Waals surface area (Å²) in [5.74, 6) is 0.899. The van der Waals surface area contributed by atoms with Gasteiger partial charge in [-0.2, -0.15) is 0 Å². The Hall–Kier alpha value is -0.380. The van der Waals surface area contributed by atoms with Crippen molar-refractivity contribution in [1.29, 1.82) is 0 Å². The smallest absolute Gasteiger partial charge is 0.0510 e. The SMILES string of the molecule is CCCN(CC1CC1)C(c1ccccc1Br)C(N)CC. The van der Waals surface area contributed by atoms with E-state index < -0.39 is 0 Å². The maximum Gasteiger partial charge on any atom is 0.0510 e. The average Bonchev–Trinajstić information content (AvgIpc) is 3.25. The predicted molar refractivity (Wildman–Crippen MR) is 89.7 cm³/mol.